The van der Waals surface area contributed by atoms with E-state index >= 15 is 0 Å². The largest absolute Gasteiger partial charge is 0.399 e. The standard InChI is InChI=1S/C13H9BrClN3O3/c14-10-3-2-8(6-11(10)15)17-13(19)9-5-7(16)1-4-12(9)18(20)21/h1-6H,16H2,(H,17,19). The van der Waals surface area contributed by atoms with E-state index in [1.807, 2.05) is 0 Å². The number of amides is 1. The number of benzene rings is 2. The molecule has 0 bridgehead atoms. The Hall–Kier alpha value is -2.12. The molecule has 6 nitrogen and oxygen atoms in total. The highest BCUT2D eigenvalue weighted by Crippen LogP contribution is 2.27. The van der Waals surface area contributed by atoms with E-state index < -0.39 is 10.8 Å². The predicted molar refractivity (Wildman–Crippen MR) is 84.6 cm³/mol. The molecule has 0 atom stereocenters. The fraction of sp³-hybridized carbons (Fsp3) is 0. The number of nitro groups is 1. The van der Waals surface area contributed by atoms with Gasteiger partial charge in [0.05, 0.1) is 9.95 Å². The number of nitro benzene ring substituents is 1. The summed E-state index contributed by atoms with van der Waals surface area (Å²) in [5.74, 6) is -0.632. The minimum Gasteiger partial charge on any atom is -0.399 e. The lowest BCUT2D eigenvalue weighted by molar-refractivity contribution is -0.385. The SMILES string of the molecule is Nc1ccc([N+](=O)[O-])c(C(=O)Nc2ccc(Br)c(Cl)c2)c1. The molecule has 0 saturated heterocycles. The lowest BCUT2D eigenvalue weighted by atomic mass is 10.1. The molecule has 0 aliphatic rings. The zero-order valence-electron chi connectivity index (χ0n) is 10.5. The summed E-state index contributed by atoms with van der Waals surface area (Å²) < 4.78 is 0.678. The second-order valence-corrected chi connectivity index (χ2v) is 5.38. The molecule has 2 rings (SSSR count). The minimum atomic E-state index is -0.636. The third-order valence-electron chi connectivity index (χ3n) is 2.64. The Morgan fingerprint density at radius 1 is 1.29 bits per heavy atom. The van der Waals surface area contributed by atoms with Gasteiger partial charge in [0.15, 0.2) is 0 Å². The number of hydrogen-bond acceptors (Lipinski definition) is 4. The van der Waals surface area contributed by atoms with Gasteiger partial charge in [-0.25, -0.2) is 0 Å². The Bertz CT molecular complexity index is 737. The first-order valence-corrected chi connectivity index (χ1v) is 6.86. The number of anilines is 2. The first kappa shape index (κ1) is 15.3. The summed E-state index contributed by atoms with van der Waals surface area (Å²) in [5, 5.41) is 13.9. The molecule has 2 aromatic rings. The van der Waals surface area contributed by atoms with E-state index in [0.717, 1.165) is 0 Å². The van der Waals surface area contributed by atoms with Gasteiger partial charge in [-0.1, -0.05) is 11.6 Å². The topological polar surface area (TPSA) is 98.3 Å². The van der Waals surface area contributed by atoms with Gasteiger partial charge in [-0.05, 0) is 46.3 Å². The summed E-state index contributed by atoms with van der Waals surface area (Å²) in [6.07, 6.45) is 0. The van der Waals surface area contributed by atoms with Crippen LogP contribution >= 0.6 is 27.5 Å². The lowest BCUT2D eigenvalue weighted by Gasteiger charge is -2.07. The molecule has 0 aliphatic carbocycles. The Morgan fingerprint density at radius 3 is 2.62 bits per heavy atom. The summed E-state index contributed by atoms with van der Waals surface area (Å²) in [5.41, 5.74) is 5.83. The number of halogens is 2. The monoisotopic (exact) mass is 369 g/mol. The lowest BCUT2D eigenvalue weighted by Crippen LogP contribution is -2.14. The van der Waals surface area contributed by atoms with Gasteiger partial charge in [0.2, 0.25) is 0 Å². The summed E-state index contributed by atoms with van der Waals surface area (Å²) in [7, 11) is 0. The second-order valence-electron chi connectivity index (χ2n) is 4.12. The molecule has 21 heavy (non-hydrogen) atoms. The van der Waals surface area contributed by atoms with E-state index in [-0.39, 0.29) is 16.9 Å². The molecule has 0 aromatic heterocycles. The molecule has 8 heteroatoms. The smallest absolute Gasteiger partial charge is 0.282 e. The molecule has 0 aliphatic heterocycles. The Morgan fingerprint density at radius 2 is 2.00 bits per heavy atom. The Labute approximate surface area is 133 Å². The van der Waals surface area contributed by atoms with Crippen molar-refractivity contribution in [2.24, 2.45) is 0 Å². The number of nitrogens with two attached hydrogens (primary N) is 1. The van der Waals surface area contributed by atoms with Crippen molar-refractivity contribution in [3.63, 3.8) is 0 Å². The van der Waals surface area contributed by atoms with Crippen molar-refractivity contribution in [1.29, 1.82) is 0 Å². The first-order chi connectivity index (χ1) is 9.88. The van der Waals surface area contributed by atoms with Crippen LogP contribution in [0.25, 0.3) is 0 Å². The molecule has 2 aromatic carbocycles. The van der Waals surface area contributed by atoms with E-state index in [4.69, 9.17) is 17.3 Å². The Balaban J connectivity index is 2.34. The zero-order valence-corrected chi connectivity index (χ0v) is 12.8. The summed E-state index contributed by atoms with van der Waals surface area (Å²) >= 11 is 9.15. The van der Waals surface area contributed by atoms with E-state index in [2.05, 4.69) is 21.2 Å². The molecule has 1 amide bonds. The molecule has 3 N–H and O–H groups in total. The molecule has 108 valence electrons. The predicted octanol–water partition coefficient (Wildman–Crippen LogP) is 3.85. The van der Waals surface area contributed by atoms with Crippen LogP contribution in [0.2, 0.25) is 5.02 Å². The molecular weight excluding hydrogens is 362 g/mol. The van der Waals surface area contributed by atoms with Crippen molar-refractivity contribution in [3.8, 4) is 0 Å². The van der Waals surface area contributed by atoms with Crippen LogP contribution in [0.15, 0.2) is 40.9 Å². The van der Waals surface area contributed by atoms with Crippen LogP contribution in [0.3, 0.4) is 0 Å². The van der Waals surface area contributed by atoms with E-state index in [1.54, 1.807) is 12.1 Å². The molecule has 0 fully saturated rings. The second kappa shape index (κ2) is 6.11. The van der Waals surface area contributed by atoms with Crippen molar-refractivity contribution >= 4 is 50.5 Å². The van der Waals surface area contributed by atoms with Crippen molar-refractivity contribution in [2.75, 3.05) is 11.1 Å². The van der Waals surface area contributed by atoms with Crippen LogP contribution in [-0.4, -0.2) is 10.8 Å². The van der Waals surface area contributed by atoms with Gasteiger partial charge in [0.1, 0.15) is 5.56 Å². The maximum absolute atomic E-state index is 12.2. The molecular formula is C13H9BrClN3O3. The van der Waals surface area contributed by atoms with Crippen molar-refractivity contribution in [3.05, 3.63) is 61.6 Å². The average molecular weight is 371 g/mol. The first-order valence-electron chi connectivity index (χ1n) is 5.69. The van der Waals surface area contributed by atoms with Crippen LogP contribution in [-0.2, 0) is 0 Å². The summed E-state index contributed by atoms with van der Waals surface area (Å²) in [6, 6.07) is 8.62. The maximum atomic E-state index is 12.2. The van der Waals surface area contributed by atoms with Gasteiger partial charge in [-0.2, -0.15) is 0 Å². The Kier molecular flexibility index (Phi) is 4.44. The molecule has 0 heterocycles. The van der Waals surface area contributed by atoms with Crippen molar-refractivity contribution < 1.29 is 9.72 Å². The highest BCUT2D eigenvalue weighted by Gasteiger charge is 2.20. The number of nitrogens with zero attached hydrogens (tertiary/aromatic N) is 1. The maximum Gasteiger partial charge on any atom is 0.282 e. The average Bonchev–Trinajstić information content (AvgIpc) is 2.42. The van der Waals surface area contributed by atoms with Crippen LogP contribution in [0, 0.1) is 10.1 Å². The van der Waals surface area contributed by atoms with Gasteiger partial charge in [-0.15, -0.1) is 0 Å². The van der Waals surface area contributed by atoms with Crippen LogP contribution in [0.5, 0.6) is 0 Å². The third-order valence-corrected chi connectivity index (χ3v) is 3.87. The van der Waals surface area contributed by atoms with Crippen molar-refractivity contribution in [1.82, 2.24) is 0 Å². The number of carbonyl (C=O) groups excluding carboxylic acids is 1. The van der Waals surface area contributed by atoms with Crippen molar-refractivity contribution in [2.45, 2.75) is 0 Å². The minimum absolute atomic E-state index is 0.112. The summed E-state index contributed by atoms with van der Waals surface area (Å²) in [4.78, 5) is 22.5. The number of hydrogen-bond donors (Lipinski definition) is 2. The fourth-order valence-corrected chi connectivity index (χ4v) is 2.09. The number of rotatable bonds is 3. The summed E-state index contributed by atoms with van der Waals surface area (Å²) in [6.45, 7) is 0. The molecule has 0 saturated carbocycles. The van der Waals surface area contributed by atoms with E-state index in [1.165, 1.54) is 24.3 Å². The third kappa shape index (κ3) is 3.50. The molecule has 0 spiro atoms. The highest BCUT2D eigenvalue weighted by molar-refractivity contribution is 9.10. The van der Waals surface area contributed by atoms with E-state index in [0.29, 0.717) is 15.2 Å². The number of nitrogens with one attached hydrogen (secondary N) is 1. The fourth-order valence-electron chi connectivity index (χ4n) is 1.67. The normalized spacial score (nSPS) is 10.2. The van der Waals surface area contributed by atoms with Crippen LogP contribution in [0.4, 0.5) is 17.1 Å². The van der Waals surface area contributed by atoms with Gasteiger partial charge >= 0.3 is 0 Å². The van der Waals surface area contributed by atoms with Gasteiger partial charge in [-0.3, -0.25) is 14.9 Å². The van der Waals surface area contributed by atoms with E-state index in [9.17, 15) is 14.9 Å². The number of nitrogen functional groups attached to an aromatic ring is 1. The van der Waals surface area contributed by atoms with Gasteiger partial charge in [0, 0.05) is 21.9 Å². The highest BCUT2D eigenvalue weighted by atomic mass is 79.9. The quantitative estimate of drug-likeness (QED) is 0.487. The zero-order chi connectivity index (χ0) is 15.6. The number of carbonyl (C=O) groups is 1. The van der Waals surface area contributed by atoms with Crippen LogP contribution in [0.1, 0.15) is 10.4 Å². The van der Waals surface area contributed by atoms with Gasteiger partial charge < -0.3 is 11.1 Å². The molecule has 0 unspecified atom stereocenters. The molecule has 0 radical (unpaired) electrons. The van der Waals surface area contributed by atoms with Crippen LogP contribution < -0.4 is 11.1 Å². The van der Waals surface area contributed by atoms with Gasteiger partial charge in [0.25, 0.3) is 11.6 Å².